The van der Waals surface area contributed by atoms with Gasteiger partial charge in [0.1, 0.15) is 23.0 Å². The van der Waals surface area contributed by atoms with E-state index in [-0.39, 0.29) is 27.8 Å². The van der Waals surface area contributed by atoms with Crippen LogP contribution in [0.25, 0.3) is 22.3 Å². The van der Waals surface area contributed by atoms with Crippen molar-refractivity contribution in [1.29, 1.82) is 0 Å². The van der Waals surface area contributed by atoms with Gasteiger partial charge in [-0.1, -0.05) is 29.8 Å². The van der Waals surface area contributed by atoms with Gasteiger partial charge in [0.2, 0.25) is 0 Å². The summed E-state index contributed by atoms with van der Waals surface area (Å²) in [7, 11) is 0. The second-order valence-corrected chi connectivity index (χ2v) is 6.76. The predicted octanol–water partition coefficient (Wildman–Crippen LogP) is 4.51. The minimum absolute atomic E-state index is 0.0298. The number of carbonyl (C=O) groups is 1. The van der Waals surface area contributed by atoms with Crippen molar-refractivity contribution in [1.82, 2.24) is 9.97 Å². The second-order valence-electron chi connectivity index (χ2n) is 6.36. The lowest BCUT2D eigenvalue weighted by atomic mass is 10.1. The zero-order chi connectivity index (χ0) is 22.1. The number of hydrogen-bond donors (Lipinski definition) is 1. The molecule has 3 aromatic carbocycles. The summed E-state index contributed by atoms with van der Waals surface area (Å²) in [4.78, 5) is 42.4. The molecule has 10 heteroatoms. The second kappa shape index (κ2) is 7.96. The Morgan fingerprint density at radius 2 is 1.90 bits per heavy atom. The lowest BCUT2D eigenvalue weighted by Crippen LogP contribution is -2.14. The Bertz CT molecular complexity index is 1400. The van der Waals surface area contributed by atoms with Crippen molar-refractivity contribution >= 4 is 34.2 Å². The summed E-state index contributed by atoms with van der Waals surface area (Å²) in [6.07, 6.45) is 0. The van der Waals surface area contributed by atoms with E-state index in [0.29, 0.717) is 10.9 Å². The number of nitrogens with zero attached hydrogens (tertiary/aromatic N) is 2. The Balaban J connectivity index is 1.86. The van der Waals surface area contributed by atoms with Gasteiger partial charge in [-0.15, -0.1) is 0 Å². The number of carbonyl (C=O) groups excluding carboxylic acids is 1. The minimum atomic E-state index is -1.11. The van der Waals surface area contributed by atoms with Crippen molar-refractivity contribution in [3.63, 3.8) is 0 Å². The molecule has 0 unspecified atom stereocenters. The molecule has 0 aliphatic carbocycles. The molecule has 1 aromatic heterocycles. The van der Waals surface area contributed by atoms with Crippen LogP contribution in [0.15, 0.2) is 65.5 Å². The molecule has 0 radical (unpaired) electrons. The normalized spacial score (nSPS) is 10.8. The summed E-state index contributed by atoms with van der Waals surface area (Å²) in [6.45, 7) is 0. The standard InChI is InChI=1S/C21H11ClFN3O5/c22-14-5-3-6-15(23)18(14)21(28)31-17-9-8-11(26(29)30)10-13(17)19-24-16-7-2-1-4-12(16)20(27)25-19/h1-10H,(H,24,25,27). The third kappa shape index (κ3) is 3.86. The summed E-state index contributed by atoms with van der Waals surface area (Å²) in [6, 6.07) is 13.6. The first-order valence-corrected chi connectivity index (χ1v) is 9.17. The summed E-state index contributed by atoms with van der Waals surface area (Å²) >= 11 is 5.91. The number of rotatable bonds is 4. The predicted molar refractivity (Wildman–Crippen MR) is 111 cm³/mol. The maximum Gasteiger partial charge on any atom is 0.348 e. The Morgan fingerprint density at radius 1 is 1.13 bits per heavy atom. The molecular formula is C21H11ClFN3O5. The molecule has 0 aliphatic heterocycles. The summed E-state index contributed by atoms with van der Waals surface area (Å²) in [5.74, 6) is -2.23. The van der Waals surface area contributed by atoms with Gasteiger partial charge in [0.25, 0.3) is 11.2 Å². The number of halogens is 2. The summed E-state index contributed by atoms with van der Waals surface area (Å²) in [5.41, 5.74) is -0.996. The van der Waals surface area contributed by atoms with Crippen LogP contribution in [-0.4, -0.2) is 20.9 Å². The van der Waals surface area contributed by atoms with Crippen LogP contribution in [0, 0.1) is 15.9 Å². The Kier molecular flexibility index (Phi) is 5.18. The molecule has 4 rings (SSSR count). The number of aromatic amines is 1. The zero-order valence-electron chi connectivity index (χ0n) is 15.5. The van der Waals surface area contributed by atoms with Crippen molar-refractivity contribution in [3.05, 3.63) is 97.5 Å². The van der Waals surface area contributed by atoms with Gasteiger partial charge < -0.3 is 9.72 Å². The smallest absolute Gasteiger partial charge is 0.348 e. The average molecular weight is 440 g/mol. The molecule has 8 nitrogen and oxygen atoms in total. The van der Waals surface area contributed by atoms with Gasteiger partial charge in [0.05, 0.1) is 26.4 Å². The fourth-order valence-corrected chi connectivity index (χ4v) is 3.20. The number of para-hydroxylation sites is 1. The van der Waals surface area contributed by atoms with Gasteiger partial charge in [-0.3, -0.25) is 14.9 Å². The fraction of sp³-hybridized carbons (Fsp3) is 0. The lowest BCUT2D eigenvalue weighted by Gasteiger charge is -2.11. The zero-order valence-corrected chi connectivity index (χ0v) is 16.2. The number of nitro groups is 1. The van der Waals surface area contributed by atoms with Gasteiger partial charge in [0, 0.05) is 12.1 Å². The number of nitrogens with one attached hydrogen (secondary N) is 1. The molecule has 0 saturated heterocycles. The highest BCUT2D eigenvalue weighted by atomic mass is 35.5. The third-order valence-corrected chi connectivity index (χ3v) is 4.73. The highest BCUT2D eigenvalue weighted by Crippen LogP contribution is 2.33. The largest absolute Gasteiger partial charge is 0.422 e. The molecule has 0 spiro atoms. The highest BCUT2D eigenvalue weighted by molar-refractivity contribution is 6.33. The highest BCUT2D eigenvalue weighted by Gasteiger charge is 2.22. The van der Waals surface area contributed by atoms with Crippen molar-refractivity contribution in [3.8, 4) is 17.1 Å². The molecule has 0 fully saturated rings. The lowest BCUT2D eigenvalue weighted by molar-refractivity contribution is -0.384. The molecule has 0 aliphatic rings. The SMILES string of the molecule is O=C(Oc1ccc([N+](=O)[O-])cc1-c1nc2ccccc2c(=O)[nH]1)c1c(F)cccc1Cl. The van der Waals surface area contributed by atoms with Crippen LogP contribution >= 0.6 is 11.6 Å². The van der Waals surface area contributed by atoms with Crippen LogP contribution in [0.4, 0.5) is 10.1 Å². The first-order chi connectivity index (χ1) is 14.8. The Morgan fingerprint density at radius 3 is 2.65 bits per heavy atom. The van der Waals surface area contributed by atoms with Crippen LogP contribution < -0.4 is 10.3 Å². The molecule has 0 atom stereocenters. The fourth-order valence-electron chi connectivity index (χ4n) is 2.96. The topological polar surface area (TPSA) is 115 Å². The monoisotopic (exact) mass is 439 g/mol. The van der Waals surface area contributed by atoms with Crippen LogP contribution in [0.5, 0.6) is 5.75 Å². The van der Waals surface area contributed by atoms with Gasteiger partial charge in [-0.05, 0) is 30.3 Å². The number of non-ortho nitro benzene ring substituents is 1. The number of nitro benzene ring substituents is 1. The Hall–Kier alpha value is -4.11. The summed E-state index contributed by atoms with van der Waals surface area (Å²) < 4.78 is 19.4. The van der Waals surface area contributed by atoms with E-state index in [1.807, 2.05) is 0 Å². The first kappa shape index (κ1) is 20.2. The number of aromatic nitrogens is 2. The van der Waals surface area contributed by atoms with E-state index in [1.165, 1.54) is 12.1 Å². The molecule has 4 aromatic rings. The van der Waals surface area contributed by atoms with Gasteiger partial charge in [-0.2, -0.15) is 0 Å². The molecule has 0 bridgehead atoms. The first-order valence-electron chi connectivity index (χ1n) is 8.79. The number of esters is 1. The van der Waals surface area contributed by atoms with Gasteiger partial charge in [-0.25, -0.2) is 14.2 Å². The molecule has 0 amide bonds. The summed E-state index contributed by atoms with van der Waals surface area (Å²) in [5, 5.41) is 11.4. The number of ether oxygens (including phenoxy) is 1. The van der Waals surface area contributed by atoms with Crippen molar-refractivity contribution in [2.24, 2.45) is 0 Å². The van der Waals surface area contributed by atoms with E-state index in [0.717, 1.165) is 24.3 Å². The molecular weight excluding hydrogens is 429 g/mol. The van der Waals surface area contributed by atoms with Crippen LogP contribution in [0.3, 0.4) is 0 Å². The molecule has 154 valence electrons. The molecule has 1 N–H and O–H groups in total. The minimum Gasteiger partial charge on any atom is -0.422 e. The molecule has 0 saturated carbocycles. The number of H-pyrrole nitrogens is 1. The van der Waals surface area contributed by atoms with E-state index in [2.05, 4.69) is 9.97 Å². The van der Waals surface area contributed by atoms with Crippen LogP contribution in [-0.2, 0) is 0 Å². The van der Waals surface area contributed by atoms with E-state index >= 15 is 0 Å². The van der Waals surface area contributed by atoms with Gasteiger partial charge >= 0.3 is 5.97 Å². The van der Waals surface area contributed by atoms with E-state index in [9.17, 15) is 24.1 Å². The van der Waals surface area contributed by atoms with Crippen molar-refractivity contribution < 1.29 is 18.8 Å². The average Bonchev–Trinajstić information content (AvgIpc) is 2.73. The van der Waals surface area contributed by atoms with Crippen molar-refractivity contribution in [2.45, 2.75) is 0 Å². The maximum absolute atomic E-state index is 14.1. The quantitative estimate of drug-likeness (QED) is 0.216. The third-order valence-electron chi connectivity index (χ3n) is 4.41. The van der Waals surface area contributed by atoms with Crippen molar-refractivity contribution in [2.75, 3.05) is 0 Å². The van der Waals surface area contributed by atoms with E-state index in [1.54, 1.807) is 24.3 Å². The molecule has 31 heavy (non-hydrogen) atoms. The molecule has 1 heterocycles. The van der Waals surface area contributed by atoms with E-state index < -0.39 is 27.8 Å². The number of hydrogen-bond acceptors (Lipinski definition) is 6. The van der Waals surface area contributed by atoms with Crippen LogP contribution in [0.1, 0.15) is 10.4 Å². The van der Waals surface area contributed by atoms with E-state index in [4.69, 9.17) is 16.3 Å². The Labute approximate surface area is 178 Å². The maximum atomic E-state index is 14.1. The number of fused-ring (bicyclic) bond motifs is 1. The van der Waals surface area contributed by atoms with Gasteiger partial charge in [0.15, 0.2) is 0 Å². The van der Waals surface area contributed by atoms with Crippen LogP contribution in [0.2, 0.25) is 5.02 Å². The number of benzene rings is 3.